The van der Waals surface area contributed by atoms with Crippen molar-refractivity contribution in [3.63, 3.8) is 0 Å². The molecule has 3 heteroatoms. The van der Waals surface area contributed by atoms with E-state index >= 15 is 0 Å². The van der Waals surface area contributed by atoms with Crippen LogP contribution in [0.5, 0.6) is 0 Å². The summed E-state index contributed by atoms with van der Waals surface area (Å²) in [5.74, 6) is 0.0260. The molecule has 2 aromatic rings. The van der Waals surface area contributed by atoms with E-state index in [0.717, 1.165) is 5.56 Å². The second-order valence-electron chi connectivity index (χ2n) is 4.84. The number of benzene rings is 2. The number of ether oxygens (including phenoxy) is 1. The molecule has 1 aliphatic rings. The summed E-state index contributed by atoms with van der Waals surface area (Å²) in [6, 6.07) is 16.7. The van der Waals surface area contributed by atoms with Crippen molar-refractivity contribution in [2.75, 3.05) is 0 Å². The van der Waals surface area contributed by atoms with Gasteiger partial charge in [0.25, 0.3) is 0 Å². The molecule has 96 valence electrons. The molecule has 2 nitrogen and oxygen atoms in total. The number of hydrogen-bond acceptors (Lipinski definition) is 2. The topological polar surface area (TPSA) is 29.6 Å². The highest BCUT2D eigenvalue weighted by Crippen LogP contribution is 2.47. The summed E-state index contributed by atoms with van der Waals surface area (Å²) in [4.78, 5) is 12.3. The van der Waals surface area contributed by atoms with Crippen LogP contribution in [0.15, 0.2) is 54.6 Å². The highest BCUT2D eigenvalue weighted by Gasteiger charge is 2.57. The predicted octanol–water partition coefficient (Wildman–Crippen LogP) is 3.84. The molecule has 2 aromatic carbocycles. The predicted molar refractivity (Wildman–Crippen MR) is 74.4 cm³/mol. The third kappa shape index (κ3) is 2.18. The Morgan fingerprint density at radius 2 is 1.74 bits per heavy atom. The number of hydrogen-bond donors (Lipinski definition) is 0. The van der Waals surface area contributed by atoms with Crippen LogP contribution in [0.3, 0.4) is 0 Å². The number of ketones is 1. The number of carbonyl (C=O) groups is 1. The second-order valence-corrected chi connectivity index (χ2v) is 5.28. The molecule has 1 fully saturated rings. The normalized spacial score (nSPS) is 25.1. The molecule has 0 amide bonds. The number of epoxide rings is 1. The van der Waals surface area contributed by atoms with Crippen LogP contribution in [0.4, 0.5) is 0 Å². The molecule has 0 aromatic heterocycles. The Kier molecular flexibility index (Phi) is 2.92. The van der Waals surface area contributed by atoms with E-state index in [4.69, 9.17) is 16.3 Å². The molecule has 0 aliphatic carbocycles. The lowest BCUT2D eigenvalue weighted by molar-refractivity contribution is 0.0953. The van der Waals surface area contributed by atoms with Gasteiger partial charge in [-0.25, -0.2) is 0 Å². The zero-order valence-electron chi connectivity index (χ0n) is 10.5. The number of halogens is 1. The molecule has 0 bridgehead atoms. The van der Waals surface area contributed by atoms with Gasteiger partial charge in [-0.05, 0) is 24.6 Å². The van der Waals surface area contributed by atoms with E-state index in [1.165, 1.54) is 0 Å². The molecule has 19 heavy (non-hydrogen) atoms. The maximum absolute atomic E-state index is 12.3. The quantitative estimate of drug-likeness (QED) is 0.628. The Hall–Kier alpha value is -1.64. The van der Waals surface area contributed by atoms with E-state index in [1.54, 1.807) is 0 Å². The van der Waals surface area contributed by atoms with E-state index in [2.05, 4.69) is 0 Å². The van der Waals surface area contributed by atoms with Crippen molar-refractivity contribution in [2.45, 2.75) is 18.6 Å². The molecule has 0 saturated carbocycles. The lowest BCUT2D eigenvalue weighted by Gasteiger charge is -2.06. The Labute approximate surface area is 117 Å². The lowest BCUT2D eigenvalue weighted by Crippen LogP contribution is -2.16. The second kappa shape index (κ2) is 4.48. The lowest BCUT2D eigenvalue weighted by atomic mass is 9.93. The summed E-state index contributed by atoms with van der Waals surface area (Å²) in [5.41, 5.74) is 1.13. The van der Waals surface area contributed by atoms with Crippen molar-refractivity contribution in [1.29, 1.82) is 0 Å². The van der Waals surface area contributed by atoms with Gasteiger partial charge in [-0.3, -0.25) is 4.79 Å². The molecule has 0 N–H and O–H groups in total. The van der Waals surface area contributed by atoms with Crippen molar-refractivity contribution in [2.24, 2.45) is 0 Å². The van der Waals surface area contributed by atoms with Crippen LogP contribution in [-0.4, -0.2) is 11.9 Å². The Morgan fingerprint density at radius 3 is 2.37 bits per heavy atom. The van der Waals surface area contributed by atoms with E-state index in [-0.39, 0.29) is 5.78 Å². The van der Waals surface area contributed by atoms with Gasteiger partial charge >= 0.3 is 0 Å². The van der Waals surface area contributed by atoms with Gasteiger partial charge in [-0.1, -0.05) is 54.1 Å². The van der Waals surface area contributed by atoms with E-state index < -0.39 is 11.7 Å². The summed E-state index contributed by atoms with van der Waals surface area (Å²) in [6.45, 7) is 1.93. The standard InChI is InChI=1S/C16H13ClO2/c1-16(12-7-9-13(17)10-8-12)15(19-16)14(18)11-5-3-2-4-6-11/h2-10,15H,1H3/t15-,16-/m0/s1. The molecule has 3 rings (SSSR count). The third-order valence-electron chi connectivity index (χ3n) is 3.52. The van der Waals surface area contributed by atoms with Crippen molar-refractivity contribution in [3.05, 3.63) is 70.7 Å². The monoisotopic (exact) mass is 272 g/mol. The molecule has 1 saturated heterocycles. The highest BCUT2D eigenvalue weighted by atomic mass is 35.5. The number of rotatable bonds is 3. The summed E-state index contributed by atoms with van der Waals surface area (Å²) >= 11 is 5.87. The van der Waals surface area contributed by atoms with Crippen LogP contribution >= 0.6 is 11.6 Å². The number of carbonyl (C=O) groups excluding carboxylic acids is 1. The van der Waals surface area contributed by atoms with Crippen LogP contribution in [0.25, 0.3) is 0 Å². The van der Waals surface area contributed by atoms with Crippen molar-refractivity contribution in [3.8, 4) is 0 Å². The van der Waals surface area contributed by atoms with Crippen LogP contribution in [0, 0.1) is 0 Å². The van der Waals surface area contributed by atoms with E-state index in [9.17, 15) is 4.79 Å². The zero-order valence-corrected chi connectivity index (χ0v) is 11.2. The molecule has 0 radical (unpaired) electrons. The first-order valence-electron chi connectivity index (χ1n) is 6.14. The fourth-order valence-electron chi connectivity index (χ4n) is 2.27. The number of Topliss-reactive ketones (excluding diaryl/α,β-unsaturated/α-hetero) is 1. The van der Waals surface area contributed by atoms with Crippen molar-refractivity contribution < 1.29 is 9.53 Å². The summed E-state index contributed by atoms with van der Waals surface area (Å²) in [6.07, 6.45) is -0.406. The molecular weight excluding hydrogens is 260 g/mol. The van der Waals surface area contributed by atoms with Gasteiger partial charge in [0.15, 0.2) is 11.9 Å². The third-order valence-corrected chi connectivity index (χ3v) is 3.77. The van der Waals surface area contributed by atoms with Crippen LogP contribution in [0.1, 0.15) is 22.8 Å². The van der Waals surface area contributed by atoms with E-state index in [1.807, 2.05) is 61.5 Å². The van der Waals surface area contributed by atoms with Gasteiger partial charge in [0.05, 0.1) is 0 Å². The van der Waals surface area contributed by atoms with Gasteiger partial charge in [0.2, 0.25) is 0 Å². The first kappa shape index (κ1) is 12.4. The minimum Gasteiger partial charge on any atom is -0.353 e. The summed E-state index contributed by atoms with van der Waals surface area (Å²) in [7, 11) is 0. The average molecular weight is 273 g/mol. The fraction of sp³-hybridized carbons (Fsp3) is 0.188. The minimum absolute atomic E-state index is 0.0260. The minimum atomic E-state index is -0.530. The SMILES string of the molecule is C[C@@]1(c2ccc(Cl)cc2)O[C@H]1C(=O)c1ccccc1. The smallest absolute Gasteiger partial charge is 0.194 e. The Bertz CT molecular complexity index is 606. The summed E-state index contributed by atoms with van der Waals surface area (Å²) in [5, 5.41) is 0.680. The molecule has 1 heterocycles. The van der Waals surface area contributed by atoms with Gasteiger partial charge in [0.1, 0.15) is 5.60 Å². The highest BCUT2D eigenvalue weighted by molar-refractivity contribution is 6.30. The maximum Gasteiger partial charge on any atom is 0.194 e. The van der Waals surface area contributed by atoms with Crippen LogP contribution in [-0.2, 0) is 10.3 Å². The van der Waals surface area contributed by atoms with E-state index in [0.29, 0.717) is 10.6 Å². The van der Waals surface area contributed by atoms with Crippen LogP contribution in [0.2, 0.25) is 5.02 Å². The van der Waals surface area contributed by atoms with Gasteiger partial charge in [-0.15, -0.1) is 0 Å². The van der Waals surface area contributed by atoms with Gasteiger partial charge in [0, 0.05) is 10.6 Å². The Balaban J connectivity index is 1.83. The van der Waals surface area contributed by atoms with Crippen molar-refractivity contribution >= 4 is 17.4 Å². The molecule has 0 spiro atoms. The van der Waals surface area contributed by atoms with Gasteiger partial charge < -0.3 is 4.74 Å². The first-order chi connectivity index (χ1) is 9.11. The molecular formula is C16H13ClO2. The zero-order chi connectivity index (χ0) is 13.5. The van der Waals surface area contributed by atoms with Crippen molar-refractivity contribution in [1.82, 2.24) is 0 Å². The Morgan fingerprint density at radius 1 is 1.11 bits per heavy atom. The molecule has 1 aliphatic heterocycles. The maximum atomic E-state index is 12.3. The largest absolute Gasteiger partial charge is 0.353 e. The fourth-order valence-corrected chi connectivity index (χ4v) is 2.39. The first-order valence-corrected chi connectivity index (χ1v) is 6.52. The van der Waals surface area contributed by atoms with Gasteiger partial charge in [-0.2, -0.15) is 0 Å². The molecule has 0 unspecified atom stereocenters. The summed E-state index contributed by atoms with van der Waals surface area (Å²) < 4.78 is 5.65. The molecule has 2 atom stereocenters. The average Bonchev–Trinajstić information content (AvgIpc) is 3.13. The van der Waals surface area contributed by atoms with Crippen LogP contribution < -0.4 is 0 Å².